The molecular weight excluding hydrogens is 366 g/mol. The minimum Gasteiger partial charge on any atom is -0.454 e. The van der Waals surface area contributed by atoms with Gasteiger partial charge in [-0.3, -0.25) is 14.4 Å². The van der Waals surface area contributed by atoms with Crippen LogP contribution in [0.15, 0.2) is 48.5 Å². The molecule has 2 atom stereocenters. The molecule has 0 N–H and O–H groups in total. The van der Waals surface area contributed by atoms with E-state index in [1.165, 1.54) is 4.90 Å². The van der Waals surface area contributed by atoms with Crippen LogP contribution in [-0.2, 0) is 14.3 Å². The Morgan fingerprint density at radius 3 is 2.37 bits per heavy atom. The van der Waals surface area contributed by atoms with E-state index in [-0.39, 0.29) is 24.7 Å². The van der Waals surface area contributed by atoms with E-state index in [0.717, 1.165) is 5.56 Å². The third-order valence-electron chi connectivity index (χ3n) is 4.59. The lowest BCUT2D eigenvalue weighted by atomic mass is 10.1. The van der Waals surface area contributed by atoms with Gasteiger partial charge in [0.05, 0.1) is 5.92 Å². The van der Waals surface area contributed by atoms with Gasteiger partial charge in [0.15, 0.2) is 6.10 Å². The van der Waals surface area contributed by atoms with E-state index in [9.17, 15) is 14.4 Å². The van der Waals surface area contributed by atoms with Gasteiger partial charge in [-0.1, -0.05) is 41.4 Å². The topological polar surface area (TPSA) is 63.7 Å². The first-order valence-electron chi connectivity index (χ1n) is 8.72. The molecule has 2 aromatic rings. The summed E-state index contributed by atoms with van der Waals surface area (Å²) in [6, 6.07) is 13.9. The average molecular weight is 386 g/mol. The van der Waals surface area contributed by atoms with Crippen LogP contribution in [0.2, 0.25) is 5.02 Å². The normalized spacial score (nSPS) is 17.7. The lowest BCUT2D eigenvalue weighted by Gasteiger charge is -2.18. The monoisotopic (exact) mass is 385 g/mol. The molecule has 1 heterocycles. The van der Waals surface area contributed by atoms with Gasteiger partial charge < -0.3 is 9.64 Å². The summed E-state index contributed by atoms with van der Waals surface area (Å²) < 4.78 is 5.34. The van der Waals surface area contributed by atoms with Gasteiger partial charge in [0, 0.05) is 29.2 Å². The van der Waals surface area contributed by atoms with Crippen LogP contribution >= 0.6 is 11.6 Å². The van der Waals surface area contributed by atoms with E-state index in [4.69, 9.17) is 16.3 Å². The Hall–Kier alpha value is -2.66. The Morgan fingerprint density at radius 2 is 1.74 bits per heavy atom. The number of amides is 1. The van der Waals surface area contributed by atoms with Gasteiger partial charge in [-0.15, -0.1) is 0 Å². The molecular formula is C21H20ClNO4. The molecule has 0 bridgehead atoms. The maximum Gasteiger partial charge on any atom is 0.312 e. The number of esters is 1. The molecule has 1 fully saturated rings. The Kier molecular flexibility index (Phi) is 5.61. The van der Waals surface area contributed by atoms with E-state index in [1.54, 1.807) is 43.3 Å². The van der Waals surface area contributed by atoms with Crippen molar-refractivity contribution in [3.63, 3.8) is 0 Å². The first-order chi connectivity index (χ1) is 12.8. The fourth-order valence-electron chi connectivity index (χ4n) is 3.01. The summed E-state index contributed by atoms with van der Waals surface area (Å²) >= 11 is 5.87. The molecule has 0 radical (unpaired) electrons. The number of hydrogen-bond donors (Lipinski definition) is 0. The molecule has 0 aliphatic carbocycles. The van der Waals surface area contributed by atoms with Crippen molar-refractivity contribution >= 4 is 34.9 Å². The zero-order valence-electron chi connectivity index (χ0n) is 15.1. The van der Waals surface area contributed by atoms with Crippen molar-refractivity contribution in [2.75, 3.05) is 11.4 Å². The molecule has 0 unspecified atom stereocenters. The van der Waals surface area contributed by atoms with Gasteiger partial charge in [0.1, 0.15) is 0 Å². The second-order valence-corrected chi connectivity index (χ2v) is 7.13. The van der Waals surface area contributed by atoms with Gasteiger partial charge >= 0.3 is 5.97 Å². The first kappa shape index (κ1) is 19.1. The Morgan fingerprint density at radius 1 is 1.11 bits per heavy atom. The molecule has 0 spiro atoms. The van der Waals surface area contributed by atoms with Crippen molar-refractivity contribution in [1.82, 2.24) is 0 Å². The highest BCUT2D eigenvalue weighted by Gasteiger charge is 2.37. The zero-order valence-corrected chi connectivity index (χ0v) is 15.9. The number of halogens is 1. The molecule has 3 rings (SSSR count). The number of nitrogens with zero attached hydrogens (tertiary/aromatic N) is 1. The average Bonchev–Trinajstić information content (AvgIpc) is 3.04. The number of ketones is 1. The lowest BCUT2D eigenvalue weighted by molar-refractivity contribution is -0.151. The van der Waals surface area contributed by atoms with Crippen LogP contribution in [-0.4, -0.2) is 30.3 Å². The maximum atomic E-state index is 12.4. The number of ether oxygens (including phenoxy) is 1. The number of hydrogen-bond acceptors (Lipinski definition) is 4. The molecule has 0 saturated carbocycles. The van der Waals surface area contributed by atoms with Crippen molar-refractivity contribution in [3.8, 4) is 0 Å². The summed E-state index contributed by atoms with van der Waals surface area (Å²) in [5.74, 6) is -1.55. The Balaban J connectivity index is 1.62. The standard InChI is InChI=1S/C21H20ClNO4/c1-13-3-5-15(6-4-13)20(25)14(2)27-21(26)16-11-19(24)23(12-16)18-9-7-17(22)8-10-18/h3-10,14,16H,11-12H2,1-2H3/t14-,16-/m0/s1. The maximum absolute atomic E-state index is 12.4. The third kappa shape index (κ3) is 4.37. The van der Waals surface area contributed by atoms with Gasteiger partial charge in [-0.2, -0.15) is 0 Å². The number of anilines is 1. The predicted molar refractivity (Wildman–Crippen MR) is 103 cm³/mol. The summed E-state index contributed by atoms with van der Waals surface area (Å²) in [5.41, 5.74) is 2.22. The van der Waals surface area contributed by atoms with E-state index in [0.29, 0.717) is 16.3 Å². The summed E-state index contributed by atoms with van der Waals surface area (Å²) in [7, 11) is 0. The quantitative estimate of drug-likeness (QED) is 0.579. The molecule has 1 saturated heterocycles. The van der Waals surface area contributed by atoms with Crippen LogP contribution in [0.25, 0.3) is 0 Å². The molecule has 0 aromatic heterocycles. The van der Waals surface area contributed by atoms with Crippen LogP contribution in [0.4, 0.5) is 5.69 Å². The second-order valence-electron chi connectivity index (χ2n) is 6.69. The molecule has 2 aromatic carbocycles. The smallest absolute Gasteiger partial charge is 0.312 e. The molecule has 6 heteroatoms. The second kappa shape index (κ2) is 7.92. The van der Waals surface area contributed by atoms with Gasteiger partial charge in [0.25, 0.3) is 0 Å². The zero-order chi connectivity index (χ0) is 19.6. The van der Waals surface area contributed by atoms with E-state index >= 15 is 0 Å². The lowest BCUT2D eigenvalue weighted by Crippen LogP contribution is -2.30. The highest BCUT2D eigenvalue weighted by atomic mass is 35.5. The van der Waals surface area contributed by atoms with Crippen LogP contribution in [0.1, 0.15) is 29.3 Å². The number of aryl methyl sites for hydroxylation is 1. The number of carbonyl (C=O) groups excluding carboxylic acids is 3. The van der Waals surface area contributed by atoms with Gasteiger partial charge in [-0.25, -0.2) is 0 Å². The molecule has 1 amide bonds. The first-order valence-corrected chi connectivity index (χ1v) is 9.10. The number of benzene rings is 2. The minimum absolute atomic E-state index is 0.0624. The van der Waals surface area contributed by atoms with Crippen LogP contribution in [0, 0.1) is 12.8 Å². The molecule has 140 valence electrons. The van der Waals surface area contributed by atoms with Crippen molar-refractivity contribution in [2.24, 2.45) is 5.92 Å². The van der Waals surface area contributed by atoms with Crippen molar-refractivity contribution in [2.45, 2.75) is 26.4 Å². The molecule has 27 heavy (non-hydrogen) atoms. The third-order valence-corrected chi connectivity index (χ3v) is 4.85. The Labute approximate surface area is 162 Å². The summed E-state index contributed by atoms with van der Waals surface area (Å²) in [6.07, 6.45) is -0.840. The Bertz CT molecular complexity index is 861. The SMILES string of the molecule is Cc1ccc(C(=O)[C@H](C)OC(=O)[C@H]2CC(=O)N(c3ccc(Cl)cc3)C2)cc1. The predicted octanol–water partition coefficient (Wildman–Crippen LogP) is 3.82. The minimum atomic E-state index is -0.903. The van der Waals surface area contributed by atoms with Gasteiger partial charge in [-0.05, 0) is 38.1 Å². The summed E-state index contributed by atoms with van der Waals surface area (Å²) in [5, 5.41) is 0.574. The van der Waals surface area contributed by atoms with Crippen LogP contribution in [0.5, 0.6) is 0 Å². The molecule has 1 aliphatic rings. The van der Waals surface area contributed by atoms with E-state index in [1.807, 2.05) is 19.1 Å². The number of carbonyl (C=O) groups is 3. The fraction of sp³-hybridized carbons (Fsp3) is 0.286. The van der Waals surface area contributed by atoms with Crippen molar-refractivity contribution in [3.05, 3.63) is 64.7 Å². The highest BCUT2D eigenvalue weighted by molar-refractivity contribution is 6.30. The van der Waals surface area contributed by atoms with Crippen molar-refractivity contribution < 1.29 is 19.1 Å². The van der Waals surface area contributed by atoms with Crippen molar-refractivity contribution in [1.29, 1.82) is 0 Å². The van der Waals surface area contributed by atoms with Gasteiger partial charge in [0.2, 0.25) is 11.7 Å². The molecule has 1 aliphatic heterocycles. The number of rotatable bonds is 5. The largest absolute Gasteiger partial charge is 0.454 e. The highest BCUT2D eigenvalue weighted by Crippen LogP contribution is 2.27. The molecule has 5 nitrogen and oxygen atoms in total. The van der Waals surface area contributed by atoms with Crippen LogP contribution in [0.3, 0.4) is 0 Å². The van der Waals surface area contributed by atoms with E-state index in [2.05, 4.69) is 0 Å². The van der Waals surface area contributed by atoms with E-state index < -0.39 is 18.0 Å². The van der Waals surface area contributed by atoms with Crippen LogP contribution < -0.4 is 4.90 Å². The fourth-order valence-corrected chi connectivity index (χ4v) is 3.14. The summed E-state index contributed by atoms with van der Waals surface area (Å²) in [6.45, 7) is 3.71. The summed E-state index contributed by atoms with van der Waals surface area (Å²) in [4.78, 5) is 38.7. The number of Topliss-reactive ketones (excluding diaryl/α,β-unsaturated/α-hetero) is 1.